The number of carbonyl (C=O) groups excluding carboxylic acids is 2. The van der Waals surface area contributed by atoms with Crippen LogP contribution < -0.4 is 10.6 Å². The maximum Gasteiger partial charge on any atom is 0.406 e. The van der Waals surface area contributed by atoms with Crippen LogP contribution >= 0.6 is 0 Å². The Morgan fingerprint density at radius 3 is 2.76 bits per heavy atom. The fourth-order valence-corrected chi connectivity index (χ4v) is 4.31. The van der Waals surface area contributed by atoms with Crippen molar-refractivity contribution in [3.05, 3.63) is 41.8 Å². The zero-order chi connectivity index (χ0) is 24.1. The summed E-state index contributed by atoms with van der Waals surface area (Å²) in [4.78, 5) is 26.4. The number of carbonyl (C=O) groups is 2. The summed E-state index contributed by atoms with van der Waals surface area (Å²) in [5, 5.41) is 10.4. The van der Waals surface area contributed by atoms with Crippen LogP contribution in [0.25, 0.3) is 11.3 Å². The Balaban J connectivity index is 1.60. The number of nitrogens with zero attached hydrogens (tertiary/aromatic N) is 3. The van der Waals surface area contributed by atoms with Gasteiger partial charge in [-0.1, -0.05) is 30.3 Å². The number of morpholine rings is 1. The van der Waals surface area contributed by atoms with Crippen LogP contribution in [0.15, 0.2) is 30.3 Å². The maximum absolute atomic E-state index is 15.9. The third-order valence-corrected chi connectivity index (χ3v) is 6.18. The first-order chi connectivity index (χ1) is 16.5. The SMILES string of the molecule is COC(=O)NCCCn1nc([C@@H](C)N(C(=O)[C@H]2CNCCO2)C2CC2)c(F)c1-c1ccccc1. The van der Waals surface area contributed by atoms with Crippen LogP contribution in [0.2, 0.25) is 0 Å². The van der Waals surface area contributed by atoms with E-state index in [1.165, 1.54) is 7.11 Å². The molecule has 0 bridgehead atoms. The fourth-order valence-electron chi connectivity index (χ4n) is 4.31. The molecule has 34 heavy (non-hydrogen) atoms. The predicted molar refractivity (Wildman–Crippen MR) is 124 cm³/mol. The van der Waals surface area contributed by atoms with E-state index in [1.807, 2.05) is 37.3 Å². The Morgan fingerprint density at radius 1 is 1.35 bits per heavy atom. The van der Waals surface area contributed by atoms with Gasteiger partial charge in [-0.05, 0) is 26.2 Å². The Bertz CT molecular complexity index is 989. The molecule has 1 aromatic heterocycles. The predicted octanol–water partition coefficient (Wildman–Crippen LogP) is 2.48. The fraction of sp³-hybridized carbons (Fsp3) is 0.542. The minimum atomic E-state index is -0.570. The normalized spacial score (nSPS) is 18.9. The van der Waals surface area contributed by atoms with E-state index < -0.39 is 24.1 Å². The van der Waals surface area contributed by atoms with Gasteiger partial charge in [-0.25, -0.2) is 9.18 Å². The van der Waals surface area contributed by atoms with Crippen molar-refractivity contribution < 1.29 is 23.5 Å². The van der Waals surface area contributed by atoms with Crippen LogP contribution in [-0.4, -0.2) is 72.2 Å². The van der Waals surface area contributed by atoms with Gasteiger partial charge < -0.3 is 25.0 Å². The Morgan fingerprint density at radius 2 is 2.12 bits per heavy atom. The van der Waals surface area contributed by atoms with Crippen LogP contribution in [0, 0.1) is 5.82 Å². The molecule has 2 aliphatic rings. The summed E-state index contributed by atoms with van der Waals surface area (Å²) >= 11 is 0. The Hall–Kier alpha value is -2.98. The average Bonchev–Trinajstić information content (AvgIpc) is 3.65. The molecule has 10 heteroatoms. The van der Waals surface area contributed by atoms with Crippen LogP contribution in [0.5, 0.6) is 0 Å². The number of rotatable bonds is 9. The quantitative estimate of drug-likeness (QED) is 0.543. The number of nitrogens with one attached hydrogen (secondary N) is 2. The Kier molecular flexibility index (Phi) is 7.79. The number of amides is 2. The maximum atomic E-state index is 15.9. The molecule has 2 atom stereocenters. The average molecular weight is 474 g/mol. The first-order valence-electron chi connectivity index (χ1n) is 11.8. The van der Waals surface area contributed by atoms with Crippen molar-refractivity contribution in [3.63, 3.8) is 0 Å². The molecule has 9 nitrogen and oxygen atoms in total. The summed E-state index contributed by atoms with van der Waals surface area (Å²) in [6.45, 7) is 4.23. The minimum absolute atomic E-state index is 0.0713. The third kappa shape index (κ3) is 5.39. The number of hydrogen-bond acceptors (Lipinski definition) is 6. The Labute approximate surface area is 198 Å². The number of aromatic nitrogens is 2. The van der Waals surface area contributed by atoms with Crippen molar-refractivity contribution in [2.45, 2.75) is 50.9 Å². The number of alkyl carbamates (subject to hydrolysis) is 1. The molecule has 2 heterocycles. The molecule has 0 radical (unpaired) electrons. The van der Waals surface area contributed by atoms with E-state index >= 15 is 4.39 Å². The molecule has 1 aliphatic heterocycles. The number of methoxy groups -OCH3 is 1. The summed E-state index contributed by atoms with van der Waals surface area (Å²) in [6.07, 6.45) is 1.24. The number of ether oxygens (including phenoxy) is 2. The number of benzene rings is 1. The van der Waals surface area contributed by atoms with Gasteiger partial charge in [0.15, 0.2) is 5.82 Å². The molecule has 1 saturated carbocycles. The van der Waals surface area contributed by atoms with Crippen molar-refractivity contribution >= 4 is 12.0 Å². The molecule has 1 saturated heterocycles. The van der Waals surface area contributed by atoms with Crippen molar-refractivity contribution in [2.24, 2.45) is 0 Å². The van der Waals surface area contributed by atoms with E-state index in [9.17, 15) is 9.59 Å². The van der Waals surface area contributed by atoms with Crippen molar-refractivity contribution in [1.82, 2.24) is 25.3 Å². The topological polar surface area (TPSA) is 97.7 Å². The standard InChI is InChI=1S/C24H32FN5O4/c1-16(30(18-9-10-18)23(31)19-15-26-12-14-34-19)21-20(25)22(17-7-4-3-5-8-17)29(28-21)13-6-11-27-24(32)33-2/h3-5,7-8,16,18-19,26H,6,9-15H2,1-2H3,(H,27,32)/t16-,19-/m1/s1. The van der Waals surface area contributed by atoms with Gasteiger partial charge in [0.25, 0.3) is 5.91 Å². The molecular formula is C24H32FN5O4. The van der Waals surface area contributed by atoms with Crippen LogP contribution in [0.1, 0.15) is 37.9 Å². The molecule has 4 rings (SSSR count). The van der Waals surface area contributed by atoms with Gasteiger partial charge in [0, 0.05) is 37.8 Å². The second-order valence-electron chi connectivity index (χ2n) is 8.63. The van der Waals surface area contributed by atoms with E-state index in [1.54, 1.807) is 9.58 Å². The zero-order valence-electron chi connectivity index (χ0n) is 19.6. The molecule has 0 unspecified atom stereocenters. The van der Waals surface area contributed by atoms with E-state index in [0.717, 1.165) is 12.8 Å². The van der Waals surface area contributed by atoms with Crippen molar-refractivity contribution in [3.8, 4) is 11.3 Å². The van der Waals surface area contributed by atoms with Crippen molar-refractivity contribution in [1.29, 1.82) is 0 Å². The summed E-state index contributed by atoms with van der Waals surface area (Å²) in [6, 6.07) is 8.77. The van der Waals surface area contributed by atoms with Crippen LogP contribution in [0.3, 0.4) is 0 Å². The minimum Gasteiger partial charge on any atom is -0.453 e. The second-order valence-corrected chi connectivity index (χ2v) is 8.63. The highest BCUT2D eigenvalue weighted by Crippen LogP contribution is 2.37. The lowest BCUT2D eigenvalue weighted by Crippen LogP contribution is -2.50. The molecule has 2 fully saturated rings. The lowest BCUT2D eigenvalue weighted by molar-refractivity contribution is -0.148. The van der Waals surface area contributed by atoms with Gasteiger partial charge in [-0.3, -0.25) is 9.48 Å². The summed E-state index contributed by atoms with van der Waals surface area (Å²) < 4.78 is 27.8. The highest BCUT2D eigenvalue weighted by molar-refractivity contribution is 5.82. The molecule has 0 spiro atoms. The molecule has 2 amide bonds. The third-order valence-electron chi connectivity index (χ3n) is 6.18. The van der Waals surface area contributed by atoms with Gasteiger partial charge in [0.1, 0.15) is 17.5 Å². The number of hydrogen-bond donors (Lipinski definition) is 2. The van der Waals surface area contributed by atoms with Crippen LogP contribution in [-0.2, 0) is 20.8 Å². The van der Waals surface area contributed by atoms with E-state index in [2.05, 4.69) is 20.5 Å². The zero-order valence-corrected chi connectivity index (χ0v) is 19.6. The molecule has 2 N–H and O–H groups in total. The monoisotopic (exact) mass is 473 g/mol. The highest BCUT2D eigenvalue weighted by atomic mass is 19.1. The molecule has 184 valence electrons. The second kappa shape index (κ2) is 11.0. The first-order valence-corrected chi connectivity index (χ1v) is 11.8. The molecular weight excluding hydrogens is 441 g/mol. The van der Waals surface area contributed by atoms with E-state index in [0.29, 0.717) is 50.5 Å². The molecule has 1 aromatic carbocycles. The lowest BCUT2D eigenvalue weighted by atomic mass is 10.1. The van der Waals surface area contributed by atoms with Crippen molar-refractivity contribution in [2.75, 3.05) is 33.4 Å². The van der Waals surface area contributed by atoms with Crippen LogP contribution in [0.4, 0.5) is 9.18 Å². The van der Waals surface area contributed by atoms with Gasteiger partial charge in [-0.15, -0.1) is 0 Å². The number of aryl methyl sites for hydroxylation is 1. The van der Waals surface area contributed by atoms with Gasteiger partial charge in [0.05, 0.1) is 19.8 Å². The molecule has 1 aliphatic carbocycles. The van der Waals surface area contributed by atoms with E-state index in [4.69, 9.17) is 4.74 Å². The summed E-state index contributed by atoms with van der Waals surface area (Å²) in [5.41, 5.74) is 1.32. The van der Waals surface area contributed by atoms with Gasteiger partial charge in [0.2, 0.25) is 0 Å². The smallest absolute Gasteiger partial charge is 0.406 e. The van der Waals surface area contributed by atoms with E-state index in [-0.39, 0.29) is 17.6 Å². The van der Waals surface area contributed by atoms with Gasteiger partial charge in [-0.2, -0.15) is 5.10 Å². The lowest BCUT2D eigenvalue weighted by Gasteiger charge is -2.33. The highest BCUT2D eigenvalue weighted by Gasteiger charge is 2.42. The number of halogens is 1. The first kappa shape index (κ1) is 24.2. The largest absolute Gasteiger partial charge is 0.453 e. The summed E-state index contributed by atoms with van der Waals surface area (Å²) in [7, 11) is 1.31. The molecule has 2 aromatic rings. The summed E-state index contributed by atoms with van der Waals surface area (Å²) in [5.74, 6) is -0.555. The van der Waals surface area contributed by atoms with Gasteiger partial charge >= 0.3 is 6.09 Å².